The molecule has 1 aliphatic heterocycles. The number of hydrogen-bond donors (Lipinski definition) is 0. The summed E-state index contributed by atoms with van der Waals surface area (Å²) >= 11 is 0. The summed E-state index contributed by atoms with van der Waals surface area (Å²) in [6, 6.07) is 7.71. The molecule has 0 bridgehead atoms. The number of rotatable bonds is 6. The minimum absolute atomic E-state index is 0.0201. The summed E-state index contributed by atoms with van der Waals surface area (Å²) in [5, 5.41) is 3.98. The highest BCUT2D eigenvalue weighted by molar-refractivity contribution is 5.77. The van der Waals surface area contributed by atoms with Crippen LogP contribution in [-0.2, 0) is 11.2 Å². The molecule has 8 nitrogen and oxygen atoms in total. The highest BCUT2D eigenvalue weighted by Crippen LogP contribution is 2.22. The lowest BCUT2D eigenvalue weighted by molar-refractivity contribution is -0.134. The number of benzene rings is 1. The van der Waals surface area contributed by atoms with E-state index in [1.807, 2.05) is 36.1 Å². The number of hydrogen-bond acceptors (Lipinski definition) is 7. The van der Waals surface area contributed by atoms with Crippen LogP contribution >= 0.6 is 0 Å². The van der Waals surface area contributed by atoms with E-state index >= 15 is 0 Å². The fraction of sp³-hybridized carbons (Fsp3) is 0.381. The van der Waals surface area contributed by atoms with Crippen molar-refractivity contribution < 1.29 is 14.1 Å². The second-order valence-corrected chi connectivity index (χ2v) is 7.23. The van der Waals surface area contributed by atoms with Crippen LogP contribution in [0.15, 0.2) is 47.4 Å². The molecule has 1 aromatic carbocycles. The Kier molecular flexibility index (Phi) is 5.79. The predicted molar refractivity (Wildman–Crippen MR) is 105 cm³/mol. The van der Waals surface area contributed by atoms with E-state index in [0.29, 0.717) is 48.6 Å². The van der Waals surface area contributed by atoms with Crippen molar-refractivity contribution in [1.29, 1.82) is 0 Å². The summed E-state index contributed by atoms with van der Waals surface area (Å²) in [5.74, 6) is 2.19. The van der Waals surface area contributed by atoms with E-state index in [0.717, 1.165) is 18.4 Å². The van der Waals surface area contributed by atoms with Crippen LogP contribution < -0.4 is 4.74 Å². The Morgan fingerprint density at radius 2 is 2.00 bits per heavy atom. The van der Waals surface area contributed by atoms with Gasteiger partial charge in [0.15, 0.2) is 6.61 Å². The van der Waals surface area contributed by atoms with E-state index in [1.165, 1.54) is 0 Å². The highest BCUT2D eigenvalue weighted by Gasteiger charge is 2.25. The van der Waals surface area contributed by atoms with Crippen LogP contribution in [0.3, 0.4) is 0 Å². The number of aromatic nitrogens is 4. The first-order valence-corrected chi connectivity index (χ1v) is 9.73. The minimum atomic E-state index is 0.0201. The van der Waals surface area contributed by atoms with Crippen LogP contribution in [0.4, 0.5) is 0 Å². The topological polar surface area (TPSA) is 94.2 Å². The van der Waals surface area contributed by atoms with Gasteiger partial charge in [-0.25, -0.2) is 4.98 Å². The van der Waals surface area contributed by atoms with E-state index in [4.69, 9.17) is 9.26 Å². The van der Waals surface area contributed by atoms with Crippen molar-refractivity contribution in [2.24, 2.45) is 5.92 Å². The van der Waals surface area contributed by atoms with Gasteiger partial charge in [-0.05, 0) is 37.8 Å². The van der Waals surface area contributed by atoms with E-state index in [9.17, 15) is 4.79 Å². The summed E-state index contributed by atoms with van der Waals surface area (Å²) in [5.41, 5.74) is 1.76. The van der Waals surface area contributed by atoms with Crippen LogP contribution in [-0.4, -0.2) is 50.6 Å². The van der Waals surface area contributed by atoms with Crippen LogP contribution in [0.2, 0.25) is 0 Å². The lowest BCUT2D eigenvalue weighted by Gasteiger charge is -2.31. The second-order valence-electron chi connectivity index (χ2n) is 7.23. The molecular formula is C21H23N5O3. The van der Waals surface area contributed by atoms with Crippen LogP contribution in [0.25, 0.3) is 11.5 Å². The lowest BCUT2D eigenvalue weighted by Crippen LogP contribution is -2.41. The van der Waals surface area contributed by atoms with Crippen LogP contribution in [0.1, 0.15) is 24.3 Å². The first-order chi connectivity index (χ1) is 14.2. The Balaban J connectivity index is 1.23. The highest BCUT2D eigenvalue weighted by atomic mass is 16.5. The molecule has 0 N–H and O–H groups in total. The summed E-state index contributed by atoms with van der Waals surface area (Å²) < 4.78 is 11.0. The number of aryl methyl sites for hydroxylation is 1. The fourth-order valence-electron chi connectivity index (χ4n) is 3.36. The SMILES string of the molecule is Cc1ccc(OCC(=O)N2CCC(Cc3nc(-c4cnccn4)no3)CC2)cc1. The monoisotopic (exact) mass is 393 g/mol. The zero-order chi connectivity index (χ0) is 20.1. The van der Waals surface area contributed by atoms with Crippen LogP contribution in [0, 0.1) is 12.8 Å². The van der Waals surface area contributed by atoms with Gasteiger partial charge >= 0.3 is 0 Å². The van der Waals surface area contributed by atoms with Gasteiger partial charge in [0.1, 0.15) is 11.4 Å². The molecule has 1 saturated heterocycles. The molecule has 29 heavy (non-hydrogen) atoms. The molecule has 0 radical (unpaired) electrons. The van der Waals surface area contributed by atoms with E-state index in [2.05, 4.69) is 20.1 Å². The van der Waals surface area contributed by atoms with Crippen molar-refractivity contribution in [3.8, 4) is 17.3 Å². The molecule has 0 unspecified atom stereocenters. The number of amides is 1. The third-order valence-corrected chi connectivity index (χ3v) is 5.07. The van der Waals surface area contributed by atoms with Gasteiger partial charge in [0.25, 0.3) is 5.91 Å². The van der Waals surface area contributed by atoms with Gasteiger partial charge < -0.3 is 14.2 Å². The molecular weight excluding hydrogens is 370 g/mol. The number of likely N-dealkylation sites (tertiary alicyclic amines) is 1. The molecule has 1 amide bonds. The number of nitrogens with zero attached hydrogens (tertiary/aromatic N) is 5. The van der Waals surface area contributed by atoms with Crippen molar-refractivity contribution in [3.05, 3.63) is 54.3 Å². The molecule has 8 heteroatoms. The maximum absolute atomic E-state index is 12.4. The van der Waals surface area contributed by atoms with E-state index in [1.54, 1.807) is 18.6 Å². The summed E-state index contributed by atoms with van der Waals surface area (Å²) in [6.45, 7) is 3.51. The molecule has 2 aromatic heterocycles. The number of ether oxygens (including phenoxy) is 1. The third kappa shape index (κ3) is 4.96. The lowest BCUT2D eigenvalue weighted by atomic mass is 9.93. The number of piperidine rings is 1. The largest absolute Gasteiger partial charge is 0.484 e. The van der Waals surface area contributed by atoms with E-state index < -0.39 is 0 Å². The molecule has 0 aliphatic carbocycles. The number of carbonyl (C=O) groups is 1. The minimum Gasteiger partial charge on any atom is -0.484 e. The molecule has 0 spiro atoms. The summed E-state index contributed by atoms with van der Waals surface area (Å²) in [6.07, 6.45) is 7.32. The molecule has 150 valence electrons. The van der Waals surface area contributed by atoms with Gasteiger partial charge in [-0.3, -0.25) is 9.78 Å². The Morgan fingerprint density at radius 3 is 2.72 bits per heavy atom. The maximum atomic E-state index is 12.4. The Bertz CT molecular complexity index is 934. The molecule has 3 heterocycles. The van der Waals surface area contributed by atoms with Gasteiger partial charge in [0, 0.05) is 31.9 Å². The smallest absolute Gasteiger partial charge is 0.260 e. The van der Waals surface area contributed by atoms with Gasteiger partial charge in [0.2, 0.25) is 11.7 Å². The first-order valence-electron chi connectivity index (χ1n) is 9.73. The second kappa shape index (κ2) is 8.81. The molecule has 0 atom stereocenters. The zero-order valence-electron chi connectivity index (χ0n) is 16.3. The molecule has 1 fully saturated rings. The Morgan fingerprint density at radius 1 is 1.21 bits per heavy atom. The normalized spacial score (nSPS) is 14.7. The van der Waals surface area contributed by atoms with Crippen molar-refractivity contribution >= 4 is 5.91 Å². The Labute approximate surface area is 168 Å². The van der Waals surface area contributed by atoms with Gasteiger partial charge in [-0.2, -0.15) is 4.98 Å². The van der Waals surface area contributed by atoms with Gasteiger partial charge in [-0.15, -0.1) is 0 Å². The zero-order valence-corrected chi connectivity index (χ0v) is 16.3. The van der Waals surface area contributed by atoms with Crippen molar-refractivity contribution in [1.82, 2.24) is 25.0 Å². The van der Waals surface area contributed by atoms with Crippen molar-refractivity contribution in [2.75, 3.05) is 19.7 Å². The average molecular weight is 393 g/mol. The van der Waals surface area contributed by atoms with Crippen molar-refractivity contribution in [3.63, 3.8) is 0 Å². The molecule has 3 aromatic rings. The summed E-state index contributed by atoms with van der Waals surface area (Å²) in [4.78, 5) is 26.9. The maximum Gasteiger partial charge on any atom is 0.260 e. The molecule has 1 aliphatic rings. The number of carbonyl (C=O) groups excluding carboxylic acids is 1. The summed E-state index contributed by atoms with van der Waals surface area (Å²) in [7, 11) is 0. The Hall–Kier alpha value is -3.29. The fourth-order valence-corrected chi connectivity index (χ4v) is 3.36. The quantitative estimate of drug-likeness (QED) is 0.635. The third-order valence-electron chi connectivity index (χ3n) is 5.07. The van der Waals surface area contributed by atoms with Gasteiger partial charge in [-0.1, -0.05) is 22.9 Å². The molecule has 4 rings (SSSR count). The molecule has 0 saturated carbocycles. The predicted octanol–water partition coefficient (Wildman–Crippen LogP) is 2.70. The van der Waals surface area contributed by atoms with E-state index in [-0.39, 0.29) is 12.5 Å². The first kappa shape index (κ1) is 19.0. The average Bonchev–Trinajstić information content (AvgIpc) is 3.23. The standard InChI is InChI=1S/C21H23N5O3/c1-15-2-4-17(5-3-15)28-14-20(27)26-10-6-16(7-11-26)12-19-24-21(25-29-19)18-13-22-8-9-23-18/h2-5,8-9,13,16H,6-7,10-12,14H2,1H3. The van der Waals surface area contributed by atoms with Crippen LogP contribution in [0.5, 0.6) is 5.75 Å². The van der Waals surface area contributed by atoms with Gasteiger partial charge in [0.05, 0.1) is 6.20 Å². The van der Waals surface area contributed by atoms with Crippen molar-refractivity contribution in [2.45, 2.75) is 26.2 Å².